The monoisotopic (exact) mass is 245 g/mol. The molecule has 0 heterocycles. The van der Waals surface area contributed by atoms with Crippen molar-refractivity contribution in [2.75, 3.05) is 6.61 Å². The van der Waals surface area contributed by atoms with Gasteiger partial charge >= 0.3 is 6.18 Å². The van der Waals surface area contributed by atoms with Crippen molar-refractivity contribution in [1.29, 1.82) is 0 Å². The van der Waals surface area contributed by atoms with Crippen molar-refractivity contribution in [3.05, 3.63) is 35.4 Å². The zero-order valence-electron chi connectivity index (χ0n) is 9.22. The third-order valence-electron chi connectivity index (χ3n) is 3.08. The van der Waals surface area contributed by atoms with Gasteiger partial charge in [-0.15, -0.1) is 0 Å². The Hall–Kier alpha value is -1.07. The van der Waals surface area contributed by atoms with Crippen molar-refractivity contribution in [2.24, 2.45) is 0 Å². The van der Waals surface area contributed by atoms with Gasteiger partial charge < -0.3 is 10.4 Å². The summed E-state index contributed by atoms with van der Waals surface area (Å²) < 4.78 is 37.4. The van der Waals surface area contributed by atoms with Crippen LogP contribution in [0.25, 0.3) is 0 Å². The van der Waals surface area contributed by atoms with Crippen molar-refractivity contribution in [2.45, 2.75) is 31.1 Å². The molecule has 1 aromatic carbocycles. The van der Waals surface area contributed by atoms with Gasteiger partial charge in [-0.2, -0.15) is 13.2 Å². The van der Waals surface area contributed by atoms with Crippen molar-refractivity contribution in [3.63, 3.8) is 0 Å². The number of halogens is 3. The van der Waals surface area contributed by atoms with Crippen LogP contribution in [0.1, 0.15) is 24.0 Å². The molecule has 0 amide bonds. The number of nitrogens with one attached hydrogen (secondary N) is 1. The normalized spacial score (nSPS) is 18.1. The molecule has 1 fully saturated rings. The third-order valence-corrected chi connectivity index (χ3v) is 3.08. The predicted molar refractivity (Wildman–Crippen MR) is 57.3 cm³/mol. The highest BCUT2D eigenvalue weighted by atomic mass is 19.4. The molecule has 0 saturated heterocycles. The summed E-state index contributed by atoms with van der Waals surface area (Å²) in [5.41, 5.74) is -0.306. The molecule has 0 unspecified atom stereocenters. The minimum absolute atomic E-state index is 0.0337. The summed E-state index contributed by atoms with van der Waals surface area (Å²) in [7, 11) is 0. The Morgan fingerprint density at radius 1 is 1.29 bits per heavy atom. The largest absolute Gasteiger partial charge is 0.416 e. The van der Waals surface area contributed by atoms with Gasteiger partial charge in [-0.25, -0.2) is 0 Å². The number of aliphatic hydroxyl groups excluding tert-OH is 1. The second kappa shape index (κ2) is 4.31. The molecule has 0 aliphatic heterocycles. The highest BCUT2D eigenvalue weighted by Gasteiger charge is 2.41. The SMILES string of the molecule is OCC1(NCc2cccc(C(F)(F)F)c2)CC1. The molecule has 2 rings (SSSR count). The second-order valence-electron chi connectivity index (χ2n) is 4.49. The molecule has 0 radical (unpaired) electrons. The summed E-state index contributed by atoms with van der Waals surface area (Å²) in [5.74, 6) is 0. The van der Waals surface area contributed by atoms with Crippen LogP contribution in [0.15, 0.2) is 24.3 Å². The molecule has 0 bridgehead atoms. The molecule has 0 spiro atoms. The molecule has 0 aromatic heterocycles. The quantitative estimate of drug-likeness (QED) is 0.853. The molecule has 2 nitrogen and oxygen atoms in total. The molecule has 1 aromatic rings. The van der Waals surface area contributed by atoms with E-state index in [0.717, 1.165) is 25.0 Å². The average Bonchev–Trinajstić information content (AvgIpc) is 3.06. The fraction of sp³-hybridized carbons (Fsp3) is 0.500. The van der Waals surface area contributed by atoms with E-state index >= 15 is 0 Å². The van der Waals surface area contributed by atoms with Gasteiger partial charge in [0.1, 0.15) is 0 Å². The number of benzene rings is 1. The van der Waals surface area contributed by atoms with E-state index in [0.29, 0.717) is 12.1 Å². The van der Waals surface area contributed by atoms with E-state index in [-0.39, 0.29) is 12.1 Å². The van der Waals surface area contributed by atoms with E-state index in [2.05, 4.69) is 5.32 Å². The number of rotatable bonds is 4. The first-order valence-corrected chi connectivity index (χ1v) is 5.47. The van der Waals surface area contributed by atoms with Crippen LogP contribution in [0.5, 0.6) is 0 Å². The van der Waals surface area contributed by atoms with Crippen LogP contribution in [0.4, 0.5) is 13.2 Å². The standard InChI is InChI=1S/C12H14F3NO/c13-12(14,15)10-3-1-2-9(6-10)7-16-11(8-17)4-5-11/h1-3,6,16-17H,4-5,7-8H2. The molecule has 94 valence electrons. The van der Waals surface area contributed by atoms with Crippen LogP contribution in [0.3, 0.4) is 0 Å². The Morgan fingerprint density at radius 2 is 2.00 bits per heavy atom. The van der Waals surface area contributed by atoms with Crippen LogP contribution < -0.4 is 5.32 Å². The molecule has 1 saturated carbocycles. The van der Waals surface area contributed by atoms with Gasteiger partial charge in [0.15, 0.2) is 0 Å². The number of alkyl halides is 3. The molecule has 17 heavy (non-hydrogen) atoms. The lowest BCUT2D eigenvalue weighted by Crippen LogP contribution is -2.34. The smallest absolute Gasteiger partial charge is 0.394 e. The molecule has 2 N–H and O–H groups in total. The van der Waals surface area contributed by atoms with E-state index in [9.17, 15) is 13.2 Å². The van der Waals surface area contributed by atoms with Gasteiger partial charge in [0.2, 0.25) is 0 Å². The number of hydrogen-bond acceptors (Lipinski definition) is 2. The van der Waals surface area contributed by atoms with E-state index in [1.54, 1.807) is 6.07 Å². The molecular weight excluding hydrogens is 231 g/mol. The van der Waals surface area contributed by atoms with Gasteiger partial charge in [-0.3, -0.25) is 0 Å². The topological polar surface area (TPSA) is 32.3 Å². The molecule has 5 heteroatoms. The van der Waals surface area contributed by atoms with E-state index < -0.39 is 11.7 Å². The Labute approximate surface area is 97.5 Å². The van der Waals surface area contributed by atoms with E-state index in [1.807, 2.05) is 0 Å². The molecule has 1 aliphatic rings. The maximum Gasteiger partial charge on any atom is 0.416 e. The first kappa shape index (κ1) is 12.4. The Bertz CT molecular complexity index is 399. The molecule has 1 aliphatic carbocycles. The van der Waals surface area contributed by atoms with Crippen LogP contribution in [0, 0.1) is 0 Å². The van der Waals surface area contributed by atoms with E-state index in [1.165, 1.54) is 6.07 Å². The fourth-order valence-corrected chi connectivity index (χ4v) is 1.69. The highest BCUT2D eigenvalue weighted by Crippen LogP contribution is 2.35. The van der Waals surface area contributed by atoms with Gasteiger partial charge in [0.05, 0.1) is 12.2 Å². The van der Waals surface area contributed by atoms with Crippen molar-refractivity contribution >= 4 is 0 Å². The van der Waals surface area contributed by atoms with Crippen molar-refractivity contribution < 1.29 is 18.3 Å². The highest BCUT2D eigenvalue weighted by molar-refractivity contribution is 5.26. The number of aliphatic hydroxyl groups is 1. The predicted octanol–water partition coefficient (Wildman–Crippen LogP) is 2.32. The summed E-state index contributed by atoms with van der Waals surface area (Å²) in [5, 5.41) is 12.2. The lowest BCUT2D eigenvalue weighted by atomic mass is 10.1. The summed E-state index contributed by atoms with van der Waals surface area (Å²) in [6.45, 7) is 0.385. The first-order chi connectivity index (χ1) is 7.95. The second-order valence-corrected chi connectivity index (χ2v) is 4.49. The van der Waals surface area contributed by atoms with Crippen molar-refractivity contribution in [3.8, 4) is 0 Å². The zero-order valence-corrected chi connectivity index (χ0v) is 9.22. The summed E-state index contributed by atoms with van der Waals surface area (Å²) in [4.78, 5) is 0. The first-order valence-electron chi connectivity index (χ1n) is 5.47. The average molecular weight is 245 g/mol. The van der Waals surface area contributed by atoms with Gasteiger partial charge in [-0.1, -0.05) is 18.2 Å². The third kappa shape index (κ3) is 2.98. The van der Waals surface area contributed by atoms with Gasteiger partial charge in [0, 0.05) is 12.1 Å². The summed E-state index contributed by atoms with van der Waals surface area (Å²) in [6.07, 6.45) is -2.55. The molecule has 0 atom stereocenters. The van der Waals surface area contributed by atoms with Gasteiger partial charge in [-0.05, 0) is 24.5 Å². The summed E-state index contributed by atoms with van der Waals surface area (Å²) >= 11 is 0. The fourth-order valence-electron chi connectivity index (χ4n) is 1.69. The Morgan fingerprint density at radius 3 is 2.53 bits per heavy atom. The number of hydrogen-bond donors (Lipinski definition) is 2. The maximum atomic E-state index is 12.5. The van der Waals surface area contributed by atoms with Crippen LogP contribution >= 0.6 is 0 Å². The van der Waals surface area contributed by atoms with Gasteiger partial charge in [0.25, 0.3) is 0 Å². The van der Waals surface area contributed by atoms with Crippen LogP contribution in [-0.2, 0) is 12.7 Å². The Balaban J connectivity index is 2.02. The van der Waals surface area contributed by atoms with Crippen LogP contribution in [-0.4, -0.2) is 17.3 Å². The maximum absolute atomic E-state index is 12.5. The molecular formula is C12H14F3NO. The van der Waals surface area contributed by atoms with Crippen molar-refractivity contribution in [1.82, 2.24) is 5.32 Å². The minimum Gasteiger partial charge on any atom is -0.394 e. The lowest BCUT2D eigenvalue weighted by Gasteiger charge is -2.15. The lowest BCUT2D eigenvalue weighted by molar-refractivity contribution is -0.137. The zero-order chi connectivity index (χ0) is 12.5. The summed E-state index contributed by atoms with van der Waals surface area (Å²) in [6, 6.07) is 5.25. The van der Waals surface area contributed by atoms with E-state index in [4.69, 9.17) is 5.11 Å². The Kier molecular flexibility index (Phi) is 3.14. The van der Waals surface area contributed by atoms with Crippen LogP contribution in [0.2, 0.25) is 0 Å². The minimum atomic E-state index is -4.30.